The summed E-state index contributed by atoms with van der Waals surface area (Å²) in [4.78, 5) is 2.03. The Morgan fingerprint density at radius 2 is 2.08 bits per heavy atom. The number of aryl methyl sites for hydroxylation is 1. The zero-order valence-corrected chi connectivity index (χ0v) is 13.8. The summed E-state index contributed by atoms with van der Waals surface area (Å²) in [5, 5.41) is 4.75. The molecule has 2 aliphatic rings. The summed E-state index contributed by atoms with van der Waals surface area (Å²) in [6, 6.07) is 5.29. The number of anilines is 2. The van der Waals surface area contributed by atoms with Crippen LogP contribution in [0.2, 0.25) is 5.02 Å². The molecule has 0 radical (unpaired) electrons. The fourth-order valence-corrected chi connectivity index (χ4v) is 3.24. The summed E-state index contributed by atoms with van der Waals surface area (Å²) in [6.45, 7) is -2.28. The summed E-state index contributed by atoms with van der Waals surface area (Å²) in [5.41, 5.74) is 2.73. The van der Waals surface area contributed by atoms with Crippen LogP contribution in [-0.2, 0) is 7.05 Å². The molecular formula is C17H16ClF2N3O. The quantitative estimate of drug-likeness (QED) is 0.798. The molecule has 0 atom stereocenters. The van der Waals surface area contributed by atoms with Crippen LogP contribution in [0, 0.1) is 0 Å². The van der Waals surface area contributed by atoms with Gasteiger partial charge < -0.3 is 9.64 Å². The van der Waals surface area contributed by atoms with Crippen molar-refractivity contribution in [3.8, 4) is 5.75 Å². The second-order valence-electron chi connectivity index (χ2n) is 6.06. The lowest BCUT2D eigenvalue weighted by molar-refractivity contribution is -0.0497. The molecule has 1 saturated carbocycles. The molecule has 0 bridgehead atoms. The zero-order valence-electron chi connectivity index (χ0n) is 13.0. The maximum atomic E-state index is 12.6. The average molecular weight is 352 g/mol. The van der Waals surface area contributed by atoms with E-state index in [1.54, 1.807) is 12.1 Å². The number of aromatic nitrogens is 2. The molecule has 4 rings (SSSR count). The van der Waals surface area contributed by atoms with Gasteiger partial charge in [0.1, 0.15) is 11.6 Å². The summed E-state index contributed by atoms with van der Waals surface area (Å²) in [7, 11) is 1.89. The fourth-order valence-electron chi connectivity index (χ4n) is 3.02. The highest BCUT2D eigenvalue weighted by atomic mass is 35.5. The number of fused-ring (bicyclic) bond motifs is 1. The van der Waals surface area contributed by atoms with Gasteiger partial charge >= 0.3 is 6.61 Å². The van der Waals surface area contributed by atoms with Crippen molar-refractivity contribution in [1.29, 1.82) is 0 Å². The lowest BCUT2D eigenvalue weighted by Gasteiger charge is -2.28. The van der Waals surface area contributed by atoms with Gasteiger partial charge in [-0.05, 0) is 24.5 Å². The third-order valence-corrected chi connectivity index (χ3v) is 4.61. The van der Waals surface area contributed by atoms with E-state index < -0.39 is 6.61 Å². The number of halogens is 3. The minimum Gasteiger partial charge on any atom is -0.433 e. The van der Waals surface area contributed by atoms with Gasteiger partial charge in [-0.3, -0.25) is 4.68 Å². The number of ether oxygens (including phenoxy) is 1. The topological polar surface area (TPSA) is 30.3 Å². The molecule has 7 heteroatoms. The first kappa shape index (κ1) is 15.4. The van der Waals surface area contributed by atoms with Gasteiger partial charge in [0.25, 0.3) is 0 Å². The third kappa shape index (κ3) is 2.75. The van der Waals surface area contributed by atoms with Gasteiger partial charge in [-0.1, -0.05) is 23.8 Å². The summed E-state index contributed by atoms with van der Waals surface area (Å²) in [6.07, 6.45) is 6.29. The SMILES string of the molecule is Cn1nc(C2CC2)cc1N1CC=Cc2cc(Cl)c(OC(F)F)cc21. The Morgan fingerprint density at radius 3 is 2.79 bits per heavy atom. The monoisotopic (exact) mass is 351 g/mol. The van der Waals surface area contributed by atoms with Gasteiger partial charge in [0.15, 0.2) is 0 Å². The van der Waals surface area contributed by atoms with Crippen LogP contribution in [0.1, 0.15) is 30.0 Å². The largest absolute Gasteiger partial charge is 0.433 e. The number of alkyl halides is 2. The molecule has 0 spiro atoms. The van der Waals surface area contributed by atoms with Crippen molar-refractivity contribution in [3.05, 3.63) is 40.6 Å². The van der Waals surface area contributed by atoms with E-state index in [0.29, 0.717) is 12.5 Å². The number of hydrogen-bond acceptors (Lipinski definition) is 3. The molecule has 2 aromatic rings. The molecule has 0 amide bonds. The maximum absolute atomic E-state index is 12.6. The first-order chi connectivity index (χ1) is 11.5. The predicted octanol–water partition coefficient (Wildman–Crippen LogP) is 4.72. The summed E-state index contributed by atoms with van der Waals surface area (Å²) >= 11 is 6.06. The molecule has 1 aliphatic carbocycles. The van der Waals surface area contributed by atoms with E-state index in [-0.39, 0.29) is 10.8 Å². The van der Waals surface area contributed by atoms with Crippen LogP contribution in [0.3, 0.4) is 0 Å². The zero-order chi connectivity index (χ0) is 16.8. The minimum absolute atomic E-state index is 0.0182. The van der Waals surface area contributed by atoms with Gasteiger partial charge in [0.05, 0.1) is 16.4 Å². The van der Waals surface area contributed by atoms with E-state index in [4.69, 9.17) is 11.6 Å². The summed E-state index contributed by atoms with van der Waals surface area (Å²) < 4.78 is 31.6. The van der Waals surface area contributed by atoms with E-state index >= 15 is 0 Å². The molecule has 24 heavy (non-hydrogen) atoms. The lowest BCUT2D eigenvalue weighted by Crippen LogP contribution is -2.23. The van der Waals surface area contributed by atoms with Gasteiger partial charge in [0, 0.05) is 31.6 Å². The predicted molar refractivity (Wildman–Crippen MR) is 89.3 cm³/mol. The first-order valence-corrected chi connectivity index (χ1v) is 8.17. The van der Waals surface area contributed by atoms with Crippen LogP contribution >= 0.6 is 11.6 Å². The maximum Gasteiger partial charge on any atom is 0.387 e. The molecule has 1 fully saturated rings. The Bertz CT molecular complexity index is 814. The molecule has 0 unspecified atom stereocenters. The van der Waals surface area contributed by atoms with Gasteiger partial charge in [-0.2, -0.15) is 13.9 Å². The lowest BCUT2D eigenvalue weighted by atomic mass is 10.1. The number of nitrogens with zero attached hydrogens (tertiary/aromatic N) is 3. The van der Waals surface area contributed by atoms with E-state index in [0.717, 1.165) is 22.8 Å². The van der Waals surface area contributed by atoms with Crippen molar-refractivity contribution >= 4 is 29.2 Å². The second kappa shape index (κ2) is 5.77. The number of benzene rings is 1. The van der Waals surface area contributed by atoms with E-state index in [1.807, 2.05) is 28.8 Å². The van der Waals surface area contributed by atoms with Crippen LogP contribution in [0.15, 0.2) is 24.3 Å². The smallest absolute Gasteiger partial charge is 0.387 e. The van der Waals surface area contributed by atoms with Crippen molar-refractivity contribution in [1.82, 2.24) is 9.78 Å². The Balaban J connectivity index is 1.76. The molecule has 2 heterocycles. The van der Waals surface area contributed by atoms with Crippen molar-refractivity contribution in [2.75, 3.05) is 11.4 Å². The third-order valence-electron chi connectivity index (χ3n) is 4.32. The molecule has 0 N–H and O–H groups in total. The molecule has 1 aromatic heterocycles. The molecule has 1 aliphatic heterocycles. The fraction of sp³-hybridized carbons (Fsp3) is 0.353. The van der Waals surface area contributed by atoms with Crippen LogP contribution in [0.4, 0.5) is 20.3 Å². The molecule has 1 aromatic carbocycles. The minimum atomic E-state index is -2.91. The van der Waals surface area contributed by atoms with Crippen molar-refractivity contribution in [3.63, 3.8) is 0 Å². The number of rotatable bonds is 4. The molecule has 126 valence electrons. The van der Waals surface area contributed by atoms with E-state index in [2.05, 4.69) is 15.9 Å². The standard InChI is InChI=1S/C17H16ClF2N3O/c1-22-16(8-13(21-22)10-4-5-10)23-6-2-3-11-7-12(18)15(9-14(11)23)24-17(19)20/h2-3,7-10,17H,4-6H2,1H3. The Labute approximate surface area is 143 Å². The Hall–Kier alpha value is -2.08. The molecule has 0 saturated heterocycles. The van der Waals surface area contributed by atoms with E-state index in [1.165, 1.54) is 12.8 Å². The van der Waals surface area contributed by atoms with Crippen LogP contribution in [-0.4, -0.2) is 22.9 Å². The number of hydrogen-bond donors (Lipinski definition) is 0. The van der Waals surface area contributed by atoms with Crippen molar-refractivity contribution < 1.29 is 13.5 Å². The Kier molecular flexibility index (Phi) is 3.72. The highest BCUT2D eigenvalue weighted by Crippen LogP contribution is 2.43. The van der Waals surface area contributed by atoms with Crippen LogP contribution < -0.4 is 9.64 Å². The molecular weight excluding hydrogens is 336 g/mol. The van der Waals surface area contributed by atoms with Crippen LogP contribution in [0.25, 0.3) is 6.08 Å². The second-order valence-corrected chi connectivity index (χ2v) is 6.47. The van der Waals surface area contributed by atoms with Gasteiger partial charge in [-0.25, -0.2) is 0 Å². The van der Waals surface area contributed by atoms with Gasteiger partial charge in [-0.15, -0.1) is 0 Å². The first-order valence-electron chi connectivity index (χ1n) is 7.79. The van der Waals surface area contributed by atoms with Gasteiger partial charge in [0.2, 0.25) is 0 Å². The van der Waals surface area contributed by atoms with Crippen LogP contribution in [0.5, 0.6) is 5.75 Å². The molecule has 4 nitrogen and oxygen atoms in total. The van der Waals surface area contributed by atoms with Crippen molar-refractivity contribution in [2.24, 2.45) is 7.05 Å². The highest BCUT2D eigenvalue weighted by molar-refractivity contribution is 6.32. The summed E-state index contributed by atoms with van der Waals surface area (Å²) in [5.74, 6) is 1.45. The Morgan fingerprint density at radius 1 is 1.29 bits per heavy atom. The highest BCUT2D eigenvalue weighted by Gasteiger charge is 2.29. The average Bonchev–Trinajstić information content (AvgIpc) is 3.30. The van der Waals surface area contributed by atoms with E-state index in [9.17, 15) is 8.78 Å². The normalized spacial score (nSPS) is 16.6. The van der Waals surface area contributed by atoms with Crippen molar-refractivity contribution in [2.45, 2.75) is 25.4 Å².